The molecule has 0 heterocycles. The van der Waals surface area contributed by atoms with E-state index >= 15 is 0 Å². The first-order chi connectivity index (χ1) is 10.1. The van der Waals surface area contributed by atoms with Crippen LogP contribution in [0.1, 0.15) is 29.8 Å². The molecule has 0 fully saturated rings. The molecule has 0 aliphatic rings. The zero-order valence-electron chi connectivity index (χ0n) is 13.2. The molecule has 0 spiro atoms. The summed E-state index contributed by atoms with van der Waals surface area (Å²) in [6.45, 7) is 7.48. The van der Waals surface area contributed by atoms with Gasteiger partial charge in [-0.15, -0.1) is 0 Å². The lowest BCUT2D eigenvalue weighted by molar-refractivity contribution is -0.0365. The fourth-order valence-corrected chi connectivity index (χ4v) is 1.80. The summed E-state index contributed by atoms with van der Waals surface area (Å²) in [5, 5.41) is 0. The van der Waals surface area contributed by atoms with Crippen molar-refractivity contribution >= 4 is 5.97 Å². The molecule has 5 nitrogen and oxygen atoms in total. The molecule has 1 aromatic rings. The molecule has 0 aliphatic carbocycles. The standard InChI is InChI=1S/C16H24O5/c1-5-19-10-13(11-20-6-2)21-16(17)14-8-7-12(3)9-15(14)18-4/h7-9,13H,5-6,10-11H2,1-4H3. The van der Waals surface area contributed by atoms with Crippen LogP contribution in [0.15, 0.2) is 18.2 Å². The van der Waals surface area contributed by atoms with Gasteiger partial charge in [0.2, 0.25) is 0 Å². The average Bonchev–Trinajstić information content (AvgIpc) is 2.49. The largest absolute Gasteiger partial charge is 0.496 e. The Balaban J connectivity index is 2.75. The van der Waals surface area contributed by atoms with Crippen molar-refractivity contribution in [2.45, 2.75) is 26.9 Å². The molecule has 1 rings (SSSR count). The summed E-state index contributed by atoms with van der Waals surface area (Å²) in [5.74, 6) is 0.0721. The smallest absolute Gasteiger partial charge is 0.342 e. The Morgan fingerprint density at radius 2 is 1.76 bits per heavy atom. The minimum absolute atomic E-state index is 0.316. The van der Waals surface area contributed by atoms with Crippen molar-refractivity contribution in [3.63, 3.8) is 0 Å². The first-order valence-electron chi connectivity index (χ1n) is 7.13. The van der Waals surface area contributed by atoms with Gasteiger partial charge in [-0.2, -0.15) is 0 Å². The van der Waals surface area contributed by atoms with Crippen LogP contribution in [0, 0.1) is 6.92 Å². The summed E-state index contributed by atoms with van der Waals surface area (Å²) in [6, 6.07) is 5.35. The van der Waals surface area contributed by atoms with Gasteiger partial charge in [0.05, 0.1) is 20.3 Å². The molecule has 0 atom stereocenters. The van der Waals surface area contributed by atoms with E-state index in [0.29, 0.717) is 37.7 Å². The average molecular weight is 296 g/mol. The first kappa shape index (κ1) is 17.5. The third-order valence-electron chi connectivity index (χ3n) is 2.87. The molecular formula is C16H24O5. The predicted octanol–water partition coefficient (Wildman–Crippen LogP) is 2.60. The number of hydrogen-bond donors (Lipinski definition) is 0. The summed E-state index contributed by atoms with van der Waals surface area (Å²) in [5.41, 5.74) is 1.42. The quantitative estimate of drug-likeness (QED) is 0.656. The number of benzene rings is 1. The maximum Gasteiger partial charge on any atom is 0.342 e. The predicted molar refractivity (Wildman–Crippen MR) is 79.9 cm³/mol. The molecule has 0 saturated heterocycles. The lowest BCUT2D eigenvalue weighted by Crippen LogP contribution is -2.29. The van der Waals surface area contributed by atoms with E-state index in [4.69, 9.17) is 18.9 Å². The lowest BCUT2D eigenvalue weighted by Gasteiger charge is -2.18. The van der Waals surface area contributed by atoms with Gasteiger partial charge in [-0.25, -0.2) is 4.79 Å². The lowest BCUT2D eigenvalue weighted by atomic mass is 10.1. The molecule has 21 heavy (non-hydrogen) atoms. The zero-order chi connectivity index (χ0) is 15.7. The van der Waals surface area contributed by atoms with Gasteiger partial charge in [0.25, 0.3) is 0 Å². The normalized spacial score (nSPS) is 10.7. The van der Waals surface area contributed by atoms with Crippen molar-refractivity contribution in [1.82, 2.24) is 0 Å². The van der Waals surface area contributed by atoms with Gasteiger partial charge in [-0.05, 0) is 38.5 Å². The highest BCUT2D eigenvalue weighted by molar-refractivity contribution is 5.92. The fraction of sp³-hybridized carbons (Fsp3) is 0.562. The van der Waals surface area contributed by atoms with Crippen LogP contribution in [0.2, 0.25) is 0 Å². The number of methoxy groups -OCH3 is 1. The molecule has 5 heteroatoms. The molecule has 1 aromatic carbocycles. The van der Waals surface area contributed by atoms with Gasteiger partial charge in [0.15, 0.2) is 0 Å². The molecular weight excluding hydrogens is 272 g/mol. The molecule has 0 aliphatic heterocycles. The van der Waals surface area contributed by atoms with Gasteiger partial charge in [-0.1, -0.05) is 6.07 Å². The van der Waals surface area contributed by atoms with Gasteiger partial charge in [0.1, 0.15) is 17.4 Å². The van der Waals surface area contributed by atoms with Crippen molar-refractivity contribution in [3.8, 4) is 5.75 Å². The second-order valence-electron chi connectivity index (χ2n) is 4.55. The maximum absolute atomic E-state index is 12.3. The number of aryl methyl sites for hydroxylation is 1. The minimum Gasteiger partial charge on any atom is -0.496 e. The summed E-state index contributed by atoms with van der Waals surface area (Å²) in [6.07, 6.45) is -0.427. The van der Waals surface area contributed by atoms with E-state index in [1.165, 1.54) is 7.11 Å². The number of carbonyl (C=O) groups excluding carboxylic acids is 1. The number of hydrogen-bond acceptors (Lipinski definition) is 5. The summed E-state index contributed by atoms with van der Waals surface area (Å²) in [7, 11) is 1.53. The van der Waals surface area contributed by atoms with Crippen LogP contribution in [0.5, 0.6) is 5.75 Å². The van der Waals surface area contributed by atoms with E-state index in [2.05, 4.69) is 0 Å². The van der Waals surface area contributed by atoms with E-state index in [1.54, 1.807) is 12.1 Å². The van der Waals surface area contributed by atoms with Crippen molar-refractivity contribution in [1.29, 1.82) is 0 Å². The number of carbonyl (C=O) groups is 1. The monoisotopic (exact) mass is 296 g/mol. The van der Waals surface area contributed by atoms with Crippen LogP contribution >= 0.6 is 0 Å². The van der Waals surface area contributed by atoms with Crippen molar-refractivity contribution < 1.29 is 23.7 Å². The first-order valence-corrected chi connectivity index (χ1v) is 7.13. The number of ether oxygens (including phenoxy) is 4. The second-order valence-corrected chi connectivity index (χ2v) is 4.55. The van der Waals surface area contributed by atoms with Gasteiger partial charge >= 0.3 is 5.97 Å². The fourth-order valence-electron chi connectivity index (χ4n) is 1.80. The highest BCUT2D eigenvalue weighted by atomic mass is 16.6. The summed E-state index contributed by atoms with van der Waals surface area (Å²) < 4.78 is 21.3. The Kier molecular flexibility index (Phi) is 7.79. The Morgan fingerprint density at radius 3 is 2.29 bits per heavy atom. The van der Waals surface area contributed by atoms with E-state index in [-0.39, 0.29) is 0 Å². The topological polar surface area (TPSA) is 54.0 Å². The number of esters is 1. The molecule has 0 bridgehead atoms. The van der Waals surface area contributed by atoms with E-state index in [1.807, 2.05) is 26.8 Å². The highest BCUT2D eigenvalue weighted by Crippen LogP contribution is 2.21. The molecule has 118 valence electrons. The molecule has 0 amide bonds. The van der Waals surface area contributed by atoms with Crippen molar-refractivity contribution in [2.24, 2.45) is 0 Å². The van der Waals surface area contributed by atoms with E-state index in [0.717, 1.165) is 5.56 Å². The Hall–Kier alpha value is -1.59. The van der Waals surface area contributed by atoms with Crippen LogP contribution in [-0.4, -0.2) is 45.6 Å². The SMILES string of the molecule is CCOCC(COCC)OC(=O)c1ccc(C)cc1OC. The summed E-state index contributed by atoms with van der Waals surface area (Å²) >= 11 is 0. The third-order valence-corrected chi connectivity index (χ3v) is 2.87. The van der Waals surface area contributed by atoms with Gasteiger partial charge < -0.3 is 18.9 Å². The van der Waals surface area contributed by atoms with Crippen molar-refractivity contribution in [2.75, 3.05) is 33.5 Å². The summed E-state index contributed by atoms with van der Waals surface area (Å²) in [4.78, 5) is 12.3. The minimum atomic E-state index is -0.434. The van der Waals surface area contributed by atoms with Crippen LogP contribution in [0.25, 0.3) is 0 Å². The van der Waals surface area contributed by atoms with Gasteiger partial charge in [-0.3, -0.25) is 0 Å². The highest BCUT2D eigenvalue weighted by Gasteiger charge is 2.19. The Labute approximate surface area is 126 Å². The number of rotatable bonds is 9. The van der Waals surface area contributed by atoms with Crippen LogP contribution in [0.4, 0.5) is 0 Å². The second kappa shape index (κ2) is 9.37. The molecule has 0 radical (unpaired) electrons. The van der Waals surface area contributed by atoms with E-state index in [9.17, 15) is 4.79 Å². The Bertz CT molecular complexity index is 436. The third kappa shape index (κ3) is 5.73. The Morgan fingerprint density at radius 1 is 1.14 bits per heavy atom. The molecule has 0 N–H and O–H groups in total. The van der Waals surface area contributed by atoms with E-state index < -0.39 is 12.1 Å². The molecule has 0 unspecified atom stereocenters. The maximum atomic E-state index is 12.3. The molecule has 0 saturated carbocycles. The zero-order valence-corrected chi connectivity index (χ0v) is 13.2. The van der Waals surface area contributed by atoms with Crippen LogP contribution < -0.4 is 4.74 Å². The van der Waals surface area contributed by atoms with Crippen molar-refractivity contribution in [3.05, 3.63) is 29.3 Å². The van der Waals surface area contributed by atoms with Crippen LogP contribution in [-0.2, 0) is 14.2 Å². The van der Waals surface area contributed by atoms with Gasteiger partial charge in [0, 0.05) is 13.2 Å². The molecule has 0 aromatic heterocycles. The van der Waals surface area contributed by atoms with Crippen LogP contribution in [0.3, 0.4) is 0 Å².